The van der Waals surface area contributed by atoms with Crippen LogP contribution in [0, 0.1) is 0 Å². The van der Waals surface area contributed by atoms with Crippen LogP contribution in [0.25, 0.3) is 0 Å². The summed E-state index contributed by atoms with van der Waals surface area (Å²) in [6.07, 6.45) is 41.6. The lowest BCUT2D eigenvalue weighted by molar-refractivity contribution is -0.870. The van der Waals surface area contributed by atoms with E-state index in [2.05, 4.69) is 56.4 Å². The van der Waals surface area contributed by atoms with E-state index in [9.17, 15) is 24.2 Å². The largest absolute Gasteiger partial charge is 0.756 e. The van der Waals surface area contributed by atoms with Crippen LogP contribution in [0.4, 0.5) is 0 Å². The number of esters is 2. The minimum absolute atomic E-state index is 0.0499. The first-order chi connectivity index (χ1) is 27.4. The zero-order valence-corrected chi connectivity index (χ0v) is 37.5. The van der Waals surface area contributed by atoms with Gasteiger partial charge in [-0.05, 0) is 70.6 Å². The number of allylic oxidation sites excluding steroid dienone is 9. The van der Waals surface area contributed by atoms with Crippen molar-refractivity contribution < 1.29 is 47.2 Å². The molecule has 0 radical (unpaired) electrons. The van der Waals surface area contributed by atoms with Gasteiger partial charge in [0.2, 0.25) is 0 Å². The van der Waals surface area contributed by atoms with Crippen LogP contribution in [-0.2, 0) is 32.7 Å². The highest BCUT2D eigenvalue weighted by atomic mass is 31.2. The number of carbonyl (C=O) groups excluding carboxylic acids is 2. The predicted molar refractivity (Wildman–Crippen MR) is 232 cm³/mol. The fourth-order valence-electron chi connectivity index (χ4n) is 5.54. The smallest absolute Gasteiger partial charge is 0.306 e. The molecule has 0 aromatic rings. The summed E-state index contributed by atoms with van der Waals surface area (Å²) in [5, 5.41) is 9.82. The molecule has 0 heterocycles. The van der Waals surface area contributed by atoms with Crippen LogP contribution in [0.5, 0.6) is 0 Å². The number of ether oxygens (including phenoxy) is 2. The van der Waals surface area contributed by atoms with E-state index in [0.717, 1.165) is 77.0 Å². The Balaban J connectivity index is 4.50. The number of rotatable bonds is 39. The molecule has 1 N–H and O–H groups in total. The molecule has 330 valence electrons. The van der Waals surface area contributed by atoms with E-state index in [-0.39, 0.29) is 32.2 Å². The first kappa shape index (κ1) is 54.7. The van der Waals surface area contributed by atoms with Crippen molar-refractivity contribution in [2.24, 2.45) is 0 Å². The highest BCUT2D eigenvalue weighted by Crippen LogP contribution is 2.38. The number of unbranched alkanes of at least 4 members (excludes halogenated alkanes) is 13. The van der Waals surface area contributed by atoms with Gasteiger partial charge < -0.3 is 33.0 Å². The quantitative estimate of drug-likeness (QED) is 0.0212. The Morgan fingerprint density at radius 1 is 0.632 bits per heavy atom. The van der Waals surface area contributed by atoms with E-state index < -0.39 is 32.5 Å². The molecule has 10 nitrogen and oxygen atoms in total. The minimum atomic E-state index is -4.65. The average Bonchev–Trinajstić information content (AvgIpc) is 3.16. The highest BCUT2D eigenvalue weighted by molar-refractivity contribution is 7.45. The van der Waals surface area contributed by atoms with E-state index in [4.69, 9.17) is 18.5 Å². The topological polar surface area (TPSA) is 131 Å². The van der Waals surface area contributed by atoms with Crippen molar-refractivity contribution in [3.8, 4) is 0 Å². The van der Waals surface area contributed by atoms with Crippen molar-refractivity contribution in [2.75, 3.05) is 47.5 Å². The van der Waals surface area contributed by atoms with Crippen molar-refractivity contribution in [3.63, 3.8) is 0 Å². The summed E-state index contributed by atoms with van der Waals surface area (Å²) < 4.78 is 33.8. The van der Waals surface area contributed by atoms with Gasteiger partial charge in [0.25, 0.3) is 7.82 Å². The lowest BCUT2D eigenvalue weighted by Crippen LogP contribution is -2.37. The zero-order valence-electron chi connectivity index (χ0n) is 36.6. The lowest BCUT2D eigenvalue weighted by Gasteiger charge is -2.28. The fourth-order valence-corrected chi connectivity index (χ4v) is 6.27. The average molecular weight is 824 g/mol. The van der Waals surface area contributed by atoms with E-state index in [1.54, 1.807) is 0 Å². The van der Waals surface area contributed by atoms with E-state index in [1.165, 1.54) is 38.5 Å². The van der Waals surface area contributed by atoms with Gasteiger partial charge in [-0.1, -0.05) is 139 Å². The van der Waals surface area contributed by atoms with Gasteiger partial charge in [0.05, 0.1) is 33.9 Å². The SMILES string of the molecule is CCCCCCCC/C=C\CCCCCCCC(=O)O[C@H](COC(=O)CCC/C=C\C/C=C\C/C=C\C/C=C\[C@@H](O)CCCC)COP(=O)([O-])OCC[N+](C)(C)C. The Bertz CT molecular complexity index is 1170. The third-order valence-electron chi connectivity index (χ3n) is 9.08. The van der Waals surface area contributed by atoms with Crippen molar-refractivity contribution in [1.82, 2.24) is 0 Å². The van der Waals surface area contributed by atoms with Crippen molar-refractivity contribution in [1.29, 1.82) is 0 Å². The molecule has 11 heteroatoms. The minimum Gasteiger partial charge on any atom is -0.756 e. The molecule has 0 fully saturated rings. The molecule has 3 atom stereocenters. The Labute approximate surface area is 348 Å². The Kier molecular flexibility index (Phi) is 36.4. The molecular formula is C46H82NO9P. The summed E-state index contributed by atoms with van der Waals surface area (Å²) in [5.41, 5.74) is 0. The first-order valence-electron chi connectivity index (χ1n) is 22.1. The van der Waals surface area contributed by atoms with Crippen molar-refractivity contribution in [2.45, 2.75) is 174 Å². The van der Waals surface area contributed by atoms with Gasteiger partial charge in [-0.3, -0.25) is 14.2 Å². The number of likely N-dealkylation sites (N-methyl/N-ethyl adjacent to an activating group) is 1. The maximum Gasteiger partial charge on any atom is 0.306 e. The molecule has 0 saturated heterocycles. The molecule has 57 heavy (non-hydrogen) atoms. The van der Waals surface area contributed by atoms with Crippen LogP contribution in [-0.4, -0.2) is 81.2 Å². The molecule has 0 rings (SSSR count). The molecule has 0 spiro atoms. The molecule has 0 amide bonds. The summed E-state index contributed by atoms with van der Waals surface area (Å²) in [5.74, 6) is -0.937. The molecule has 0 saturated carbocycles. The second-order valence-corrected chi connectivity index (χ2v) is 17.3. The number of quaternary nitrogens is 1. The van der Waals surface area contributed by atoms with Gasteiger partial charge in [-0.2, -0.15) is 0 Å². The molecule has 0 aliphatic heterocycles. The molecule has 1 unspecified atom stereocenters. The monoisotopic (exact) mass is 824 g/mol. The van der Waals surface area contributed by atoms with Gasteiger partial charge in [0.1, 0.15) is 19.8 Å². The first-order valence-corrected chi connectivity index (χ1v) is 23.5. The Morgan fingerprint density at radius 2 is 1.14 bits per heavy atom. The van der Waals surface area contributed by atoms with Crippen LogP contribution >= 0.6 is 7.82 Å². The van der Waals surface area contributed by atoms with Gasteiger partial charge in [-0.25, -0.2) is 0 Å². The molecule has 0 aromatic heterocycles. The second-order valence-electron chi connectivity index (χ2n) is 15.9. The van der Waals surface area contributed by atoms with Gasteiger partial charge in [0, 0.05) is 12.8 Å². The number of nitrogens with zero attached hydrogens (tertiary/aromatic N) is 1. The van der Waals surface area contributed by atoms with Gasteiger partial charge in [0.15, 0.2) is 6.10 Å². The molecule has 0 aromatic carbocycles. The third-order valence-corrected chi connectivity index (χ3v) is 10.0. The molecular weight excluding hydrogens is 741 g/mol. The number of hydrogen-bond donors (Lipinski definition) is 1. The number of phosphoric acid groups is 1. The molecule has 0 aliphatic carbocycles. The lowest BCUT2D eigenvalue weighted by atomic mass is 10.1. The van der Waals surface area contributed by atoms with E-state index >= 15 is 0 Å². The van der Waals surface area contributed by atoms with Crippen molar-refractivity contribution in [3.05, 3.63) is 60.8 Å². The maximum atomic E-state index is 12.7. The second kappa shape index (κ2) is 37.9. The van der Waals surface area contributed by atoms with Crippen LogP contribution in [0.2, 0.25) is 0 Å². The van der Waals surface area contributed by atoms with E-state index in [0.29, 0.717) is 30.3 Å². The standard InChI is InChI=1S/C46H82NO9P/c1-6-8-10-11-12-13-14-15-16-17-22-25-28-31-34-38-46(50)56-44(42-55-57(51,52)54-40-39-47(3,4)5)41-53-45(49)37-33-30-27-24-21-19-18-20-23-26-29-32-36-43(48)35-9-7-2/h15-16,18-19,23-24,26-27,32,36,43-44,48H,6-14,17,20-22,25,28-31,33-35,37-42H2,1-5H3/b16-15-,19-18-,26-23-,27-24-,36-32-/t43-,44+/m0/s1. The third kappa shape index (κ3) is 41.6. The number of aliphatic hydroxyl groups excluding tert-OH is 1. The summed E-state index contributed by atoms with van der Waals surface area (Å²) in [6.45, 7) is 3.97. The number of carbonyl (C=O) groups is 2. The number of aliphatic hydroxyl groups is 1. The number of phosphoric ester groups is 1. The highest BCUT2D eigenvalue weighted by Gasteiger charge is 2.21. The van der Waals surface area contributed by atoms with Crippen LogP contribution in [0.15, 0.2) is 60.8 Å². The summed E-state index contributed by atoms with van der Waals surface area (Å²) in [4.78, 5) is 37.5. The van der Waals surface area contributed by atoms with Gasteiger partial charge >= 0.3 is 11.9 Å². The Hall–Kier alpha value is -2.33. The fraction of sp³-hybridized carbons (Fsp3) is 0.739. The van der Waals surface area contributed by atoms with Gasteiger partial charge in [-0.15, -0.1) is 0 Å². The Morgan fingerprint density at radius 3 is 1.75 bits per heavy atom. The molecule has 0 bridgehead atoms. The predicted octanol–water partition coefficient (Wildman–Crippen LogP) is 10.8. The summed E-state index contributed by atoms with van der Waals surface area (Å²) in [6, 6.07) is 0. The van der Waals surface area contributed by atoms with Crippen molar-refractivity contribution >= 4 is 19.8 Å². The molecule has 0 aliphatic rings. The van der Waals surface area contributed by atoms with Crippen LogP contribution in [0.3, 0.4) is 0 Å². The van der Waals surface area contributed by atoms with E-state index in [1.807, 2.05) is 39.4 Å². The van der Waals surface area contributed by atoms with Crippen LogP contribution in [0.1, 0.15) is 162 Å². The zero-order chi connectivity index (χ0) is 42.3. The maximum absolute atomic E-state index is 12.7. The number of hydrogen-bond acceptors (Lipinski definition) is 9. The van der Waals surface area contributed by atoms with Crippen LogP contribution < -0.4 is 4.89 Å². The summed E-state index contributed by atoms with van der Waals surface area (Å²) >= 11 is 0. The normalized spacial score (nSPS) is 14.7. The summed E-state index contributed by atoms with van der Waals surface area (Å²) in [7, 11) is 1.10.